The highest BCUT2D eigenvalue weighted by Gasteiger charge is 2.21. The number of aromatic nitrogens is 1. The Balaban J connectivity index is 1.50. The molecule has 0 amide bonds. The number of halogens is 1. The maximum Gasteiger partial charge on any atom is 0.337 e. The van der Waals surface area contributed by atoms with Gasteiger partial charge in [0.25, 0.3) is 0 Å². The Kier molecular flexibility index (Phi) is 5.93. The Morgan fingerprint density at radius 2 is 2.10 bits per heavy atom. The minimum atomic E-state index is -0.973. The zero-order chi connectivity index (χ0) is 20.9. The number of pyridine rings is 1. The summed E-state index contributed by atoms with van der Waals surface area (Å²) < 4.78 is 19.1. The first kappa shape index (κ1) is 19.9. The number of carboxylic acid groups (broad SMARTS) is 1. The summed E-state index contributed by atoms with van der Waals surface area (Å²) >= 11 is 0. The Hall–Kier alpha value is -3.41. The summed E-state index contributed by atoms with van der Waals surface area (Å²) in [5.41, 5.74) is 3.73. The van der Waals surface area contributed by atoms with Gasteiger partial charge in [0, 0.05) is 24.2 Å². The van der Waals surface area contributed by atoms with Crippen molar-refractivity contribution < 1.29 is 19.0 Å². The predicted octanol–water partition coefficient (Wildman–Crippen LogP) is 5.57. The number of carboxylic acids is 1. The molecule has 2 N–H and O–H groups in total. The number of para-hydroxylation sites is 1. The molecule has 1 aliphatic carbocycles. The predicted molar refractivity (Wildman–Crippen MR) is 113 cm³/mol. The van der Waals surface area contributed by atoms with Crippen LogP contribution in [0.2, 0.25) is 0 Å². The number of alkyl halides is 1. The van der Waals surface area contributed by atoms with E-state index < -0.39 is 12.6 Å². The van der Waals surface area contributed by atoms with Gasteiger partial charge >= 0.3 is 5.97 Å². The topological polar surface area (TPSA) is 71.5 Å². The van der Waals surface area contributed by atoms with Crippen molar-refractivity contribution in [3.63, 3.8) is 0 Å². The molecule has 1 heterocycles. The van der Waals surface area contributed by atoms with E-state index in [4.69, 9.17) is 4.74 Å². The molecule has 0 bridgehead atoms. The molecule has 0 aliphatic heterocycles. The largest absolute Gasteiger partial charge is 0.478 e. The van der Waals surface area contributed by atoms with E-state index >= 15 is 0 Å². The van der Waals surface area contributed by atoms with Gasteiger partial charge in [-0.15, -0.1) is 0 Å². The summed E-state index contributed by atoms with van der Waals surface area (Å²) in [6, 6.07) is 14.6. The second kappa shape index (κ2) is 8.95. The van der Waals surface area contributed by atoms with E-state index in [0.29, 0.717) is 29.3 Å². The molecule has 3 aromatic rings. The lowest BCUT2D eigenvalue weighted by molar-refractivity contribution is 0.0697. The number of rotatable bonds is 7. The summed E-state index contributed by atoms with van der Waals surface area (Å²) in [5, 5.41) is 12.6. The minimum absolute atomic E-state index is 0.219. The van der Waals surface area contributed by atoms with Gasteiger partial charge in [0.1, 0.15) is 18.2 Å². The number of hydrogen-bond donors (Lipinski definition) is 2. The quantitative estimate of drug-likeness (QED) is 0.536. The molecule has 154 valence electrons. The summed E-state index contributed by atoms with van der Waals surface area (Å²) in [4.78, 5) is 15.4. The van der Waals surface area contributed by atoms with Gasteiger partial charge < -0.3 is 15.2 Å². The molecule has 4 rings (SSSR count). The molecule has 1 atom stereocenters. The monoisotopic (exact) mass is 406 g/mol. The lowest BCUT2D eigenvalue weighted by atomic mass is 9.82. The van der Waals surface area contributed by atoms with Gasteiger partial charge in [-0.3, -0.25) is 4.98 Å². The van der Waals surface area contributed by atoms with Crippen molar-refractivity contribution in [2.24, 2.45) is 0 Å². The van der Waals surface area contributed by atoms with Crippen molar-refractivity contribution >= 4 is 11.7 Å². The smallest absolute Gasteiger partial charge is 0.337 e. The van der Waals surface area contributed by atoms with Crippen molar-refractivity contribution in [3.05, 3.63) is 83.2 Å². The number of fused-ring (bicyclic) bond motifs is 1. The second-order valence-corrected chi connectivity index (χ2v) is 7.40. The summed E-state index contributed by atoms with van der Waals surface area (Å²) in [7, 11) is 0. The van der Waals surface area contributed by atoms with Crippen molar-refractivity contribution in [2.45, 2.75) is 31.9 Å². The van der Waals surface area contributed by atoms with Crippen LogP contribution in [0, 0.1) is 0 Å². The number of nitrogens with zero attached hydrogens (tertiary/aromatic N) is 1. The van der Waals surface area contributed by atoms with Gasteiger partial charge in [0.15, 0.2) is 0 Å². The van der Waals surface area contributed by atoms with Crippen LogP contribution in [0.15, 0.2) is 60.9 Å². The highest BCUT2D eigenvalue weighted by Crippen LogP contribution is 2.36. The Morgan fingerprint density at radius 1 is 1.23 bits per heavy atom. The molecule has 0 fully saturated rings. The molecule has 30 heavy (non-hydrogen) atoms. The van der Waals surface area contributed by atoms with Crippen LogP contribution in [0.5, 0.6) is 11.5 Å². The number of hydrogen-bond acceptors (Lipinski definition) is 4. The van der Waals surface area contributed by atoms with E-state index in [9.17, 15) is 14.3 Å². The number of nitrogens with one attached hydrogen (secondary N) is 1. The third kappa shape index (κ3) is 4.27. The summed E-state index contributed by atoms with van der Waals surface area (Å²) in [6.07, 6.45) is 6.05. The Morgan fingerprint density at radius 3 is 2.93 bits per heavy atom. The normalized spacial score (nSPS) is 15.3. The summed E-state index contributed by atoms with van der Waals surface area (Å²) in [5.74, 6) is 0.525. The molecule has 1 unspecified atom stereocenters. The van der Waals surface area contributed by atoms with Gasteiger partial charge in [-0.2, -0.15) is 0 Å². The molecule has 0 saturated carbocycles. The highest BCUT2D eigenvalue weighted by molar-refractivity contribution is 5.93. The lowest BCUT2D eigenvalue weighted by Gasteiger charge is -2.27. The van der Waals surface area contributed by atoms with Gasteiger partial charge in [0.2, 0.25) is 0 Å². The average Bonchev–Trinajstić information content (AvgIpc) is 2.78. The van der Waals surface area contributed by atoms with Crippen LogP contribution in [-0.2, 0) is 13.1 Å². The van der Waals surface area contributed by atoms with Gasteiger partial charge in [-0.05, 0) is 54.7 Å². The minimum Gasteiger partial charge on any atom is -0.478 e. The number of benzene rings is 2. The van der Waals surface area contributed by atoms with E-state index in [0.717, 1.165) is 19.3 Å². The van der Waals surface area contributed by atoms with Crippen molar-refractivity contribution in [1.29, 1.82) is 0 Å². The third-order valence-electron chi connectivity index (χ3n) is 5.49. The molecular weight excluding hydrogens is 383 g/mol. The van der Waals surface area contributed by atoms with Crippen LogP contribution in [0.3, 0.4) is 0 Å². The fourth-order valence-corrected chi connectivity index (χ4v) is 3.96. The second-order valence-electron chi connectivity index (χ2n) is 7.40. The summed E-state index contributed by atoms with van der Waals surface area (Å²) in [6.45, 7) is 0.0609. The molecule has 0 spiro atoms. The van der Waals surface area contributed by atoms with Crippen LogP contribution in [0.4, 0.5) is 10.1 Å². The zero-order valence-electron chi connectivity index (χ0n) is 16.5. The molecule has 1 aromatic heterocycles. The Bertz CT molecular complexity index is 1050. The van der Waals surface area contributed by atoms with Crippen molar-refractivity contribution in [3.8, 4) is 11.5 Å². The van der Waals surface area contributed by atoms with Gasteiger partial charge in [0.05, 0.1) is 17.4 Å². The zero-order valence-corrected chi connectivity index (χ0v) is 16.5. The lowest BCUT2D eigenvalue weighted by Crippen LogP contribution is -2.19. The van der Waals surface area contributed by atoms with E-state index in [1.165, 1.54) is 23.4 Å². The van der Waals surface area contributed by atoms with Gasteiger partial charge in [-0.1, -0.05) is 24.3 Å². The first-order chi connectivity index (χ1) is 14.7. The van der Waals surface area contributed by atoms with E-state index in [-0.39, 0.29) is 11.5 Å². The number of aryl methyl sites for hydroxylation is 1. The number of aromatic carboxylic acids is 1. The third-order valence-corrected chi connectivity index (χ3v) is 5.49. The highest BCUT2D eigenvalue weighted by atomic mass is 19.1. The maximum atomic E-state index is 13.2. The first-order valence-electron chi connectivity index (χ1n) is 10.0. The van der Waals surface area contributed by atoms with E-state index in [1.807, 2.05) is 18.2 Å². The molecule has 5 nitrogen and oxygen atoms in total. The average molecular weight is 406 g/mol. The molecule has 1 aliphatic rings. The molecule has 0 saturated heterocycles. The van der Waals surface area contributed by atoms with Gasteiger partial charge in [-0.25, -0.2) is 9.18 Å². The fraction of sp³-hybridized carbons (Fsp3) is 0.250. The number of carbonyl (C=O) groups is 1. The number of anilines is 1. The van der Waals surface area contributed by atoms with Crippen LogP contribution in [-0.4, -0.2) is 22.6 Å². The number of ether oxygens (including phenoxy) is 1. The van der Waals surface area contributed by atoms with Crippen molar-refractivity contribution in [2.75, 3.05) is 11.9 Å². The SMILES string of the molecule is O=C(O)c1ccncc1NCC1CCCc2cc(Oc3ccccc3CF)ccc21. The Labute approximate surface area is 174 Å². The van der Waals surface area contributed by atoms with Crippen LogP contribution >= 0.6 is 0 Å². The van der Waals surface area contributed by atoms with Crippen LogP contribution < -0.4 is 10.1 Å². The van der Waals surface area contributed by atoms with E-state index in [1.54, 1.807) is 24.4 Å². The molecule has 6 heteroatoms. The van der Waals surface area contributed by atoms with Crippen LogP contribution in [0.1, 0.15) is 45.8 Å². The molecular formula is C24H23FN2O3. The standard InChI is InChI=1S/C24H23FN2O3/c25-13-17-4-1-2-7-23(17)30-19-8-9-20-16(12-19)5-3-6-18(20)14-27-22-15-26-11-10-21(22)24(28)29/h1-2,4,7-12,15,18,27H,3,5-6,13-14H2,(H,28,29). The van der Waals surface area contributed by atoms with E-state index in [2.05, 4.69) is 16.4 Å². The van der Waals surface area contributed by atoms with Crippen molar-refractivity contribution in [1.82, 2.24) is 4.98 Å². The molecule has 2 aromatic carbocycles. The van der Waals surface area contributed by atoms with Crippen LogP contribution in [0.25, 0.3) is 0 Å². The maximum absolute atomic E-state index is 13.2. The first-order valence-corrected chi connectivity index (χ1v) is 10.0. The molecule has 0 radical (unpaired) electrons. The fourth-order valence-electron chi connectivity index (χ4n) is 3.96.